The fourth-order valence-electron chi connectivity index (χ4n) is 2.82. The van der Waals surface area contributed by atoms with Gasteiger partial charge < -0.3 is 29.5 Å². The number of carboxylic acids is 1. The van der Waals surface area contributed by atoms with Crippen molar-refractivity contribution in [2.24, 2.45) is 0 Å². The van der Waals surface area contributed by atoms with Crippen LogP contribution in [0.3, 0.4) is 0 Å². The fraction of sp³-hybridized carbons (Fsp3) is 0.684. The van der Waals surface area contributed by atoms with Crippen molar-refractivity contribution in [3.63, 3.8) is 0 Å². The molecule has 1 saturated heterocycles. The van der Waals surface area contributed by atoms with Crippen molar-refractivity contribution in [2.45, 2.75) is 38.7 Å². The first-order valence-corrected chi connectivity index (χ1v) is 10.9. The Morgan fingerprint density at radius 2 is 2.07 bits per heavy atom. The number of nitrogens with one attached hydrogen (secondary N) is 1. The number of carboxylic acid groups (broad SMARTS) is 1. The molecule has 2 N–H and O–H groups in total. The van der Waals surface area contributed by atoms with E-state index < -0.39 is 18.0 Å². The summed E-state index contributed by atoms with van der Waals surface area (Å²) in [6.07, 6.45) is 5.56. The summed E-state index contributed by atoms with van der Waals surface area (Å²) in [5.41, 5.74) is 0. The number of aliphatic carboxylic acids is 1. The molecule has 11 heteroatoms. The van der Waals surface area contributed by atoms with E-state index in [4.69, 9.17) is 19.3 Å². The Balaban J connectivity index is 1.89. The Morgan fingerprint density at radius 3 is 2.80 bits per heavy atom. The lowest BCUT2D eigenvalue weighted by Gasteiger charge is -2.27. The summed E-state index contributed by atoms with van der Waals surface area (Å²) in [5, 5.41) is 11.9. The molecular formula is C19H30N4O6S. The Morgan fingerprint density at radius 1 is 1.27 bits per heavy atom. The molecule has 168 valence electrons. The van der Waals surface area contributed by atoms with Gasteiger partial charge in [-0.25, -0.2) is 9.59 Å². The smallest absolute Gasteiger partial charge is 0.331 e. The molecule has 30 heavy (non-hydrogen) atoms. The zero-order valence-electron chi connectivity index (χ0n) is 17.2. The van der Waals surface area contributed by atoms with Gasteiger partial charge in [0.2, 0.25) is 5.82 Å². The van der Waals surface area contributed by atoms with Gasteiger partial charge in [-0.1, -0.05) is 26.2 Å². The summed E-state index contributed by atoms with van der Waals surface area (Å²) in [5.74, 6) is -0.889. The molecule has 0 saturated carbocycles. The second kappa shape index (κ2) is 13.9. The van der Waals surface area contributed by atoms with Gasteiger partial charge in [-0.2, -0.15) is 4.37 Å². The van der Waals surface area contributed by atoms with Crippen LogP contribution in [0.1, 0.15) is 32.6 Å². The molecule has 0 aromatic carbocycles. The highest BCUT2D eigenvalue weighted by atomic mass is 32.1. The number of nitrogens with zero attached hydrogens (tertiary/aromatic N) is 3. The van der Waals surface area contributed by atoms with E-state index in [9.17, 15) is 9.59 Å². The first-order chi connectivity index (χ1) is 14.6. The molecule has 2 rings (SSSR count). The highest BCUT2D eigenvalue weighted by Crippen LogP contribution is 2.26. The molecule has 0 radical (unpaired) electrons. The Labute approximate surface area is 180 Å². The van der Waals surface area contributed by atoms with E-state index in [-0.39, 0.29) is 6.61 Å². The highest BCUT2D eigenvalue weighted by Gasteiger charge is 2.22. The van der Waals surface area contributed by atoms with Crippen LogP contribution in [0.5, 0.6) is 5.88 Å². The number of hydrogen-bond donors (Lipinski definition) is 2. The minimum absolute atomic E-state index is 0.0807. The average Bonchev–Trinajstić information content (AvgIpc) is 3.22. The van der Waals surface area contributed by atoms with Crippen molar-refractivity contribution in [3.05, 3.63) is 12.2 Å². The molecule has 0 bridgehead atoms. The molecule has 2 heterocycles. The maximum Gasteiger partial charge on any atom is 0.331 e. The van der Waals surface area contributed by atoms with Crippen LogP contribution in [0.2, 0.25) is 0 Å². The summed E-state index contributed by atoms with van der Waals surface area (Å²) in [7, 11) is 0. The average molecular weight is 443 g/mol. The molecule has 1 atom stereocenters. The third kappa shape index (κ3) is 9.06. The van der Waals surface area contributed by atoms with Crippen LogP contribution in [0.4, 0.5) is 5.82 Å². The van der Waals surface area contributed by atoms with Crippen LogP contribution >= 0.6 is 11.7 Å². The number of unbranched alkanes of at least 4 members (excludes halogenated alkanes) is 3. The van der Waals surface area contributed by atoms with E-state index in [1.807, 2.05) is 4.90 Å². The molecule has 0 spiro atoms. The number of esters is 1. The van der Waals surface area contributed by atoms with Crippen LogP contribution in [0.25, 0.3) is 0 Å². The zero-order chi connectivity index (χ0) is 21.6. The molecule has 1 fully saturated rings. The molecule has 1 aliphatic heterocycles. The van der Waals surface area contributed by atoms with Gasteiger partial charge in [-0.3, -0.25) is 0 Å². The van der Waals surface area contributed by atoms with E-state index in [0.29, 0.717) is 44.5 Å². The van der Waals surface area contributed by atoms with Crippen molar-refractivity contribution < 1.29 is 28.9 Å². The lowest BCUT2D eigenvalue weighted by Crippen LogP contribution is -2.37. The van der Waals surface area contributed by atoms with E-state index in [0.717, 1.165) is 49.7 Å². The first-order valence-electron chi connectivity index (χ1n) is 10.2. The predicted octanol–water partition coefficient (Wildman–Crippen LogP) is 1.48. The van der Waals surface area contributed by atoms with Crippen molar-refractivity contribution in [3.8, 4) is 5.88 Å². The van der Waals surface area contributed by atoms with Gasteiger partial charge in [0.1, 0.15) is 12.7 Å². The number of aromatic nitrogens is 2. The molecule has 10 nitrogen and oxygen atoms in total. The van der Waals surface area contributed by atoms with Crippen LogP contribution in [0.15, 0.2) is 12.2 Å². The van der Waals surface area contributed by atoms with Crippen LogP contribution < -0.4 is 15.0 Å². The Bertz CT molecular complexity index is 678. The number of hydrogen-bond acceptors (Lipinski definition) is 10. The number of carbonyl (C=O) groups is 2. The van der Waals surface area contributed by atoms with Gasteiger partial charge in [-0.15, -0.1) is 4.37 Å². The molecule has 0 aliphatic carbocycles. The second-order valence-corrected chi connectivity index (χ2v) is 7.33. The molecule has 1 aromatic rings. The van der Waals surface area contributed by atoms with E-state index in [1.165, 1.54) is 6.42 Å². The maximum atomic E-state index is 11.9. The normalized spacial score (nSPS) is 15.3. The third-order valence-corrected chi connectivity index (χ3v) is 4.88. The highest BCUT2D eigenvalue weighted by molar-refractivity contribution is 6.99. The summed E-state index contributed by atoms with van der Waals surface area (Å²) >= 11 is 1.06. The molecular weight excluding hydrogens is 412 g/mol. The monoisotopic (exact) mass is 442 g/mol. The lowest BCUT2D eigenvalue weighted by molar-refractivity contribution is -0.144. The topological polar surface area (TPSA) is 123 Å². The molecule has 1 aromatic heterocycles. The number of morpholine rings is 1. The number of carbonyl (C=O) groups excluding carboxylic acids is 1. The second-order valence-electron chi connectivity index (χ2n) is 6.80. The number of ether oxygens (including phenoxy) is 3. The maximum absolute atomic E-state index is 11.9. The van der Waals surface area contributed by atoms with Gasteiger partial charge in [0.05, 0.1) is 24.9 Å². The summed E-state index contributed by atoms with van der Waals surface area (Å²) in [4.78, 5) is 24.5. The fourth-order valence-corrected chi connectivity index (χ4v) is 3.34. The van der Waals surface area contributed by atoms with Crippen molar-refractivity contribution in [1.82, 2.24) is 14.1 Å². The minimum atomic E-state index is -1.21. The predicted molar refractivity (Wildman–Crippen MR) is 112 cm³/mol. The molecule has 1 aliphatic rings. The van der Waals surface area contributed by atoms with Gasteiger partial charge in [0.15, 0.2) is 0 Å². The largest absolute Gasteiger partial charge is 0.478 e. The summed E-state index contributed by atoms with van der Waals surface area (Å²) in [6.45, 7) is 6.09. The molecule has 0 amide bonds. The minimum Gasteiger partial charge on any atom is -0.478 e. The van der Waals surface area contributed by atoms with Crippen LogP contribution in [-0.4, -0.2) is 77.9 Å². The van der Waals surface area contributed by atoms with Gasteiger partial charge in [-0.05, 0) is 13.0 Å². The number of anilines is 1. The third-order valence-electron chi connectivity index (χ3n) is 4.38. The van der Waals surface area contributed by atoms with E-state index >= 15 is 0 Å². The quantitative estimate of drug-likeness (QED) is 0.249. The Kier molecular flexibility index (Phi) is 11.1. The van der Waals surface area contributed by atoms with Gasteiger partial charge in [0, 0.05) is 31.8 Å². The Hall–Kier alpha value is -2.24. The zero-order valence-corrected chi connectivity index (χ0v) is 18.1. The number of rotatable bonds is 14. The van der Waals surface area contributed by atoms with E-state index in [1.54, 1.807) is 0 Å². The molecule has 1 unspecified atom stereocenters. The van der Waals surface area contributed by atoms with Crippen molar-refractivity contribution >= 4 is 29.5 Å². The van der Waals surface area contributed by atoms with Gasteiger partial charge >= 0.3 is 11.9 Å². The van der Waals surface area contributed by atoms with Crippen LogP contribution in [-0.2, 0) is 19.1 Å². The van der Waals surface area contributed by atoms with Crippen molar-refractivity contribution in [2.75, 3.05) is 50.9 Å². The summed E-state index contributed by atoms with van der Waals surface area (Å²) in [6, 6.07) is 0. The summed E-state index contributed by atoms with van der Waals surface area (Å²) < 4.78 is 25.0. The van der Waals surface area contributed by atoms with Crippen LogP contribution in [0, 0.1) is 0 Å². The first kappa shape index (κ1) is 24.0. The van der Waals surface area contributed by atoms with E-state index in [2.05, 4.69) is 21.0 Å². The standard InChI is InChI=1S/C19H30N4O6S/c1-2-3-4-5-8-20-13-15(29-17(26)7-6-16(24)25)14-28-19-18(21-30-22-19)23-9-11-27-12-10-23/h6-7,15,20H,2-5,8-14H2,1H3,(H,24,25)/b7-6-. The SMILES string of the molecule is CCCCCCNCC(COc1nsnc1N1CCOCC1)OC(=O)/C=C\C(=O)O. The van der Waals surface area contributed by atoms with Gasteiger partial charge in [0.25, 0.3) is 5.88 Å². The van der Waals surface area contributed by atoms with Crippen molar-refractivity contribution in [1.29, 1.82) is 0 Å². The lowest BCUT2D eigenvalue weighted by atomic mass is 10.2.